The largest absolute Gasteiger partial charge is 0.240 e. The Bertz CT molecular complexity index is 591. The summed E-state index contributed by atoms with van der Waals surface area (Å²) >= 11 is 5.83. The first-order valence-electron chi connectivity index (χ1n) is 5.97. The SMILES string of the molecule is CC(C)C(C)CNS(=O)(=O)c1ccc(C#N)c(Cl)c1. The number of hydrogen-bond acceptors (Lipinski definition) is 3. The van der Waals surface area contributed by atoms with Crippen LogP contribution in [0.1, 0.15) is 26.3 Å². The van der Waals surface area contributed by atoms with Crippen LogP contribution in [0.25, 0.3) is 0 Å². The second-order valence-corrected chi connectivity index (χ2v) is 7.00. The van der Waals surface area contributed by atoms with Gasteiger partial charge in [-0.15, -0.1) is 0 Å². The highest BCUT2D eigenvalue weighted by molar-refractivity contribution is 7.89. The van der Waals surface area contributed by atoms with Crippen molar-refractivity contribution < 1.29 is 8.42 Å². The van der Waals surface area contributed by atoms with E-state index >= 15 is 0 Å². The summed E-state index contributed by atoms with van der Waals surface area (Å²) in [7, 11) is -3.58. The molecule has 0 aliphatic carbocycles. The molecule has 0 aromatic heterocycles. The fourth-order valence-corrected chi connectivity index (χ4v) is 2.77. The minimum atomic E-state index is -3.58. The van der Waals surface area contributed by atoms with Crippen molar-refractivity contribution in [2.24, 2.45) is 11.8 Å². The lowest BCUT2D eigenvalue weighted by atomic mass is 9.99. The molecule has 0 saturated carbocycles. The number of nitriles is 1. The molecule has 0 fully saturated rings. The summed E-state index contributed by atoms with van der Waals surface area (Å²) in [5.74, 6) is 0.635. The molecule has 1 atom stereocenters. The van der Waals surface area contributed by atoms with Crippen LogP contribution in [-0.2, 0) is 10.0 Å². The molecule has 4 nitrogen and oxygen atoms in total. The zero-order chi connectivity index (χ0) is 14.6. The number of nitrogens with zero attached hydrogens (tertiary/aromatic N) is 1. The highest BCUT2D eigenvalue weighted by Crippen LogP contribution is 2.20. The van der Waals surface area contributed by atoms with Crippen LogP contribution in [0.15, 0.2) is 23.1 Å². The van der Waals surface area contributed by atoms with Gasteiger partial charge in [-0.1, -0.05) is 32.4 Å². The molecular weight excluding hydrogens is 284 g/mol. The van der Waals surface area contributed by atoms with Gasteiger partial charge in [0.2, 0.25) is 10.0 Å². The maximum absolute atomic E-state index is 12.1. The maximum Gasteiger partial charge on any atom is 0.240 e. The first-order chi connectivity index (χ1) is 8.77. The van der Waals surface area contributed by atoms with Gasteiger partial charge in [0, 0.05) is 6.54 Å². The van der Waals surface area contributed by atoms with E-state index in [0.29, 0.717) is 12.5 Å². The number of nitrogens with one attached hydrogen (secondary N) is 1. The van der Waals surface area contributed by atoms with Gasteiger partial charge in [-0.2, -0.15) is 5.26 Å². The van der Waals surface area contributed by atoms with Gasteiger partial charge < -0.3 is 0 Å². The number of hydrogen-bond donors (Lipinski definition) is 1. The van der Waals surface area contributed by atoms with Crippen LogP contribution in [0.3, 0.4) is 0 Å². The summed E-state index contributed by atoms with van der Waals surface area (Å²) in [5.41, 5.74) is 0.260. The number of halogens is 1. The third-order valence-electron chi connectivity index (χ3n) is 3.10. The Kier molecular flexibility index (Phi) is 5.36. The Hall–Kier alpha value is -1.09. The number of sulfonamides is 1. The summed E-state index contributed by atoms with van der Waals surface area (Å²) in [6.07, 6.45) is 0. The highest BCUT2D eigenvalue weighted by atomic mass is 35.5. The van der Waals surface area contributed by atoms with Crippen molar-refractivity contribution in [2.75, 3.05) is 6.54 Å². The van der Waals surface area contributed by atoms with Crippen molar-refractivity contribution in [1.82, 2.24) is 4.72 Å². The van der Waals surface area contributed by atoms with Crippen LogP contribution in [0.5, 0.6) is 0 Å². The van der Waals surface area contributed by atoms with Gasteiger partial charge in [-0.25, -0.2) is 13.1 Å². The van der Waals surface area contributed by atoms with Crippen molar-refractivity contribution in [3.8, 4) is 6.07 Å². The van der Waals surface area contributed by atoms with Gasteiger partial charge in [-0.05, 0) is 30.0 Å². The van der Waals surface area contributed by atoms with Gasteiger partial charge in [0.15, 0.2) is 0 Å². The lowest BCUT2D eigenvalue weighted by Crippen LogP contribution is -2.30. The molecule has 0 radical (unpaired) electrons. The summed E-state index contributed by atoms with van der Waals surface area (Å²) in [5, 5.41) is 8.89. The van der Waals surface area contributed by atoms with Gasteiger partial charge in [-0.3, -0.25) is 0 Å². The van der Waals surface area contributed by atoms with Gasteiger partial charge >= 0.3 is 0 Å². The Morgan fingerprint density at radius 2 is 2.00 bits per heavy atom. The fourth-order valence-electron chi connectivity index (χ4n) is 1.31. The highest BCUT2D eigenvalue weighted by Gasteiger charge is 2.17. The lowest BCUT2D eigenvalue weighted by molar-refractivity contribution is 0.414. The second kappa shape index (κ2) is 6.38. The molecule has 19 heavy (non-hydrogen) atoms. The summed E-state index contributed by atoms with van der Waals surface area (Å²) < 4.78 is 26.7. The zero-order valence-corrected chi connectivity index (χ0v) is 12.7. The Labute approximate surface area is 119 Å². The summed E-state index contributed by atoms with van der Waals surface area (Å²) in [4.78, 5) is 0.0763. The Balaban J connectivity index is 2.90. The fraction of sp³-hybridized carbons (Fsp3) is 0.462. The van der Waals surface area contributed by atoms with E-state index in [9.17, 15) is 8.42 Å². The van der Waals surface area contributed by atoms with Crippen molar-refractivity contribution in [1.29, 1.82) is 5.26 Å². The monoisotopic (exact) mass is 300 g/mol. The summed E-state index contributed by atoms with van der Waals surface area (Å²) in [6.45, 7) is 6.44. The normalized spacial score (nSPS) is 13.3. The van der Waals surface area contributed by atoms with E-state index in [1.165, 1.54) is 18.2 Å². The molecule has 1 aromatic rings. The predicted molar refractivity (Wildman–Crippen MR) is 75.4 cm³/mol. The second-order valence-electron chi connectivity index (χ2n) is 4.83. The third-order valence-corrected chi connectivity index (χ3v) is 4.84. The maximum atomic E-state index is 12.1. The van der Waals surface area contributed by atoms with Gasteiger partial charge in [0.25, 0.3) is 0 Å². The van der Waals surface area contributed by atoms with Crippen LogP contribution < -0.4 is 4.72 Å². The van der Waals surface area contributed by atoms with E-state index in [2.05, 4.69) is 4.72 Å². The molecule has 0 bridgehead atoms. The molecule has 0 saturated heterocycles. The number of benzene rings is 1. The molecule has 1 unspecified atom stereocenters. The van der Waals surface area contributed by atoms with Crippen LogP contribution >= 0.6 is 11.6 Å². The minimum Gasteiger partial charge on any atom is -0.211 e. The first kappa shape index (κ1) is 16.0. The smallest absolute Gasteiger partial charge is 0.211 e. The van der Waals surface area contributed by atoms with Crippen LogP contribution in [0.4, 0.5) is 0 Å². The average molecular weight is 301 g/mol. The van der Waals surface area contributed by atoms with E-state index in [4.69, 9.17) is 16.9 Å². The minimum absolute atomic E-state index is 0.0763. The Morgan fingerprint density at radius 1 is 1.37 bits per heavy atom. The standard InChI is InChI=1S/C13H17ClN2O2S/c1-9(2)10(3)8-16-19(17,18)12-5-4-11(7-15)13(14)6-12/h4-6,9-10,16H,8H2,1-3H3. The third kappa shape index (κ3) is 4.20. The quantitative estimate of drug-likeness (QED) is 0.909. The van der Waals surface area contributed by atoms with E-state index in [0.717, 1.165) is 0 Å². The predicted octanol–water partition coefficient (Wildman–Crippen LogP) is 2.78. The molecule has 0 amide bonds. The van der Waals surface area contributed by atoms with Crippen LogP contribution in [0, 0.1) is 23.2 Å². The molecule has 1 aromatic carbocycles. The molecular formula is C13H17ClN2O2S. The molecule has 0 aliphatic heterocycles. The molecule has 0 aliphatic rings. The average Bonchev–Trinajstić information content (AvgIpc) is 2.35. The van der Waals surface area contributed by atoms with Crippen molar-refractivity contribution >= 4 is 21.6 Å². The van der Waals surface area contributed by atoms with E-state index in [1.54, 1.807) is 0 Å². The van der Waals surface area contributed by atoms with E-state index in [1.807, 2.05) is 26.8 Å². The Morgan fingerprint density at radius 3 is 2.47 bits per heavy atom. The number of rotatable bonds is 5. The van der Waals surface area contributed by atoms with Crippen molar-refractivity contribution in [2.45, 2.75) is 25.7 Å². The molecule has 6 heteroatoms. The van der Waals surface area contributed by atoms with E-state index in [-0.39, 0.29) is 21.4 Å². The summed E-state index contributed by atoms with van der Waals surface area (Å²) in [6, 6.07) is 5.97. The first-order valence-corrected chi connectivity index (χ1v) is 7.83. The zero-order valence-electron chi connectivity index (χ0n) is 11.1. The van der Waals surface area contributed by atoms with E-state index < -0.39 is 10.0 Å². The van der Waals surface area contributed by atoms with Gasteiger partial charge in [0.05, 0.1) is 15.5 Å². The van der Waals surface area contributed by atoms with Crippen LogP contribution in [0.2, 0.25) is 5.02 Å². The van der Waals surface area contributed by atoms with Crippen LogP contribution in [-0.4, -0.2) is 15.0 Å². The molecule has 104 valence electrons. The van der Waals surface area contributed by atoms with Gasteiger partial charge in [0.1, 0.15) is 6.07 Å². The molecule has 1 N–H and O–H groups in total. The topological polar surface area (TPSA) is 70.0 Å². The lowest BCUT2D eigenvalue weighted by Gasteiger charge is -2.16. The van der Waals surface area contributed by atoms with Crippen molar-refractivity contribution in [3.63, 3.8) is 0 Å². The molecule has 1 rings (SSSR count). The molecule has 0 heterocycles. The molecule has 0 spiro atoms. The van der Waals surface area contributed by atoms with Crippen molar-refractivity contribution in [3.05, 3.63) is 28.8 Å².